The van der Waals surface area contributed by atoms with Crippen molar-refractivity contribution in [2.75, 3.05) is 14.2 Å². The van der Waals surface area contributed by atoms with Crippen molar-refractivity contribution in [1.29, 1.82) is 0 Å². The van der Waals surface area contributed by atoms with E-state index in [1.54, 1.807) is 19.2 Å². The van der Waals surface area contributed by atoms with Gasteiger partial charge in [-0.05, 0) is 19.1 Å². The Morgan fingerprint density at radius 3 is 2.69 bits per heavy atom. The monoisotopic (exact) mass is 414 g/mol. The minimum atomic E-state index is -0.409. The highest BCUT2D eigenvalue weighted by Gasteiger charge is 2.19. The Hall–Kier alpha value is -3.39. The highest BCUT2D eigenvalue weighted by molar-refractivity contribution is 6.35. The van der Waals surface area contributed by atoms with E-state index in [9.17, 15) is 9.59 Å². The number of hydrogen-bond donors (Lipinski definition) is 2. The normalized spacial score (nSPS) is 10.6. The molecule has 0 fully saturated rings. The lowest BCUT2D eigenvalue weighted by Gasteiger charge is -2.16. The van der Waals surface area contributed by atoms with Gasteiger partial charge in [0.05, 0.1) is 31.5 Å². The molecule has 2 N–H and O–H groups in total. The van der Waals surface area contributed by atoms with Crippen LogP contribution in [0.5, 0.6) is 11.5 Å². The maximum Gasteiger partial charge on any atom is 0.275 e. The molecule has 0 aliphatic carbocycles. The van der Waals surface area contributed by atoms with E-state index in [1.807, 2.05) is 6.92 Å². The summed E-state index contributed by atoms with van der Waals surface area (Å²) in [5.41, 5.74) is 1.62. The minimum Gasteiger partial charge on any atom is -0.496 e. The summed E-state index contributed by atoms with van der Waals surface area (Å²) < 4.78 is 10.7. The van der Waals surface area contributed by atoms with Gasteiger partial charge in [-0.3, -0.25) is 9.59 Å². The zero-order valence-corrected chi connectivity index (χ0v) is 16.9. The molecule has 3 aromatic rings. The van der Waals surface area contributed by atoms with E-state index in [2.05, 4.69) is 26.8 Å². The molecular weight excluding hydrogens is 396 g/mol. The van der Waals surface area contributed by atoms with Gasteiger partial charge in [0, 0.05) is 28.8 Å². The van der Waals surface area contributed by atoms with E-state index in [0.717, 1.165) is 11.6 Å². The molecule has 0 bridgehead atoms. The van der Waals surface area contributed by atoms with Crippen molar-refractivity contribution in [3.63, 3.8) is 0 Å². The van der Waals surface area contributed by atoms with Crippen molar-refractivity contribution < 1.29 is 14.3 Å². The van der Waals surface area contributed by atoms with Crippen molar-refractivity contribution in [3.8, 4) is 22.8 Å². The Morgan fingerprint density at radius 1 is 1.31 bits per heavy atom. The van der Waals surface area contributed by atoms with Gasteiger partial charge in [0.1, 0.15) is 22.8 Å². The number of ether oxygens (including phenoxy) is 2. The number of H-pyrrole nitrogens is 1. The second-order valence-corrected chi connectivity index (χ2v) is 6.50. The zero-order valence-electron chi connectivity index (χ0n) is 16.1. The number of aromatic amines is 1. The van der Waals surface area contributed by atoms with Crippen LogP contribution < -0.4 is 20.3 Å². The molecule has 0 radical (unpaired) electrons. The maximum absolute atomic E-state index is 12.7. The van der Waals surface area contributed by atoms with Gasteiger partial charge >= 0.3 is 0 Å². The molecule has 29 heavy (non-hydrogen) atoms. The van der Waals surface area contributed by atoms with Crippen molar-refractivity contribution >= 4 is 28.4 Å². The molecule has 1 amide bonds. The van der Waals surface area contributed by atoms with Crippen molar-refractivity contribution in [1.82, 2.24) is 20.3 Å². The predicted octanol–water partition coefficient (Wildman–Crippen LogP) is 2.77. The van der Waals surface area contributed by atoms with Gasteiger partial charge in [-0.1, -0.05) is 18.2 Å². The van der Waals surface area contributed by atoms with Gasteiger partial charge in [-0.15, -0.1) is 0 Å². The summed E-state index contributed by atoms with van der Waals surface area (Å²) in [6, 6.07) is 3.42. The van der Waals surface area contributed by atoms with E-state index >= 15 is 0 Å². The average molecular weight is 415 g/mol. The lowest BCUT2D eigenvalue weighted by Crippen LogP contribution is -2.22. The Kier molecular flexibility index (Phi) is 5.84. The van der Waals surface area contributed by atoms with Crippen LogP contribution in [0.25, 0.3) is 22.2 Å². The minimum absolute atomic E-state index is 0.0833. The molecule has 150 valence electrons. The maximum atomic E-state index is 12.7. The topological polar surface area (TPSA) is 106 Å². The first-order chi connectivity index (χ1) is 13.9. The van der Waals surface area contributed by atoms with Crippen molar-refractivity contribution in [2.45, 2.75) is 13.5 Å². The highest BCUT2D eigenvalue weighted by Crippen LogP contribution is 2.42. The summed E-state index contributed by atoms with van der Waals surface area (Å²) in [5.74, 6) is 0.958. The van der Waals surface area contributed by atoms with Crippen LogP contribution >= 0.6 is 11.6 Å². The van der Waals surface area contributed by atoms with E-state index in [0.29, 0.717) is 39.0 Å². The van der Waals surface area contributed by atoms with E-state index < -0.39 is 5.56 Å². The molecule has 3 rings (SSSR count). The average Bonchev–Trinajstić information content (AvgIpc) is 2.72. The quantitative estimate of drug-likeness (QED) is 0.601. The molecule has 9 heteroatoms. The first-order valence-electron chi connectivity index (χ1n) is 8.60. The molecule has 0 saturated heterocycles. The van der Waals surface area contributed by atoms with E-state index in [1.165, 1.54) is 13.3 Å². The van der Waals surface area contributed by atoms with E-state index in [-0.39, 0.29) is 18.0 Å². The van der Waals surface area contributed by atoms with Gasteiger partial charge in [-0.2, -0.15) is 0 Å². The number of amides is 1. The summed E-state index contributed by atoms with van der Waals surface area (Å²) in [7, 11) is 3.05. The number of pyridine rings is 1. The largest absolute Gasteiger partial charge is 0.496 e. The smallest absolute Gasteiger partial charge is 0.275 e. The van der Waals surface area contributed by atoms with Crippen LogP contribution in [-0.4, -0.2) is 35.1 Å². The van der Waals surface area contributed by atoms with Crippen LogP contribution in [0, 0.1) is 6.92 Å². The van der Waals surface area contributed by atoms with Crippen LogP contribution in [-0.2, 0) is 11.3 Å². The fourth-order valence-corrected chi connectivity index (χ4v) is 3.30. The third-order valence-corrected chi connectivity index (χ3v) is 4.76. The van der Waals surface area contributed by atoms with E-state index in [4.69, 9.17) is 21.1 Å². The predicted molar refractivity (Wildman–Crippen MR) is 110 cm³/mol. The first-order valence-corrected chi connectivity index (χ1v) is 8.98. The molecular formula is C20H19ClN4O4. The number of methoxy groups -OCH3 is 2. The number of aromatic nitrogens is 3. The van der Waals surface area contributed by atoms with Gasteiger partial charge in [0.2, 0.25) is 5.91 Å². The number of benzene rings is 1. The fraction of sp³-hybridized carbons (Fsp3) is 0.200. The molecule has 0 unspecified atom stereocenters. The number of fused-ring (bicyclic) bond motifs is 1. The summed E-state index contributed by atoms with van der Waals surface area (Å²) in [5, 5.41) is 3.45. The van der Waals surface area contributed by atoms with Gasteiger partial charge < -0.3 is 19.8 Å². The lowest BCUT2D eigenvalue weighted by molar-refractivity contribution is -0.116. The van der Waals surface area contributed by atoms with Gasteiger partial charge in [0.15, 0.2) is 0 Å². The zero-order chi connectivity index (χ0) is 21.1. The molecule has 2 aromatic heterocycles. The number of hydrogen-bond acceptors (Lipinski definition) is 6. The SMILES string of the molecule is C=CC(=O)NCc1ncc2cc(-c3c(C)c(OC)cc(OC)c3Cl)[nH]c(=O)c2n1. The fourth-order valence-electron chi connectivity index (χ4n) is 2.93. The number of halogens is 1. The third-order valence-electron chi connectivity index (χ3n) is 4.39. The molecule has 0 atom stereocenters. The van der Waals surface area contributed by atoms with Gasteiger partial charge in [-0.25, -0.2) is 9.97 Å². The Labute approximate surface area is 171 Å². The molecule has 0 saturated carbocycles. The molecule has 0 aliphatic heterocycles. The summed E-state index contributed by atoms with van der Waals surface area (Å²) in [6.07, 6.45) is 2.67. The van der Waals surface area contributed by atoms with Crippen LogP contribution in [0.2, 0.25) is 5.02 Å². The number of nitrogens with one attached hydrogen (secondary N) is 2. The number of nitrogens with zero attached hydrogens (tertiary/aromatic N) is 2. The molecule has 8 nitrogen and oxygen atoms in total. The Morgan fingerprint density at radius 2 is 2.03 bits per heavy atom. The third kappa shape index (κ3) is 3.93. The Balaban J connectivity index is 2.12. The first kappa shape index (κ1) is 20.3. The summed E-state index contributed by atoms with van der Waals surface area (Å²) in [4.78, 5) is 35.3. The molecule has 0 spiro atoms. The second-order valence-electron chi connectivity index (χ2n) is 6.12. The van der Waals surface area contributed by atoms with Crippen LogP contribution in [0.3, 0.4) is 0 Å². The number of rotatable bonds is 6. The summed E-state index contributed by atoms with van der Waals surface area (Å²) in [6.45, 7) is 5.30. The number of carbonyl (C=O) groups is 1. The van der Waals surface area contributed by atoms with Crippen molar-refractivity contribution in [3.05, 3.63) is 57.7 Å². The molecule has 2 heterocycles. The summed E-state index contributed by atoms with van der Waals surface area (Å²) >= 11 is 6.51. The van der Waals surface area contributed by atoms with Crippen LogP contribution in [0.4, 0.5) is 0 Å². The van der Waals surface area contributed by atoms with Crippen molar-refractivity contribution in [2.24, 2.45) is 0 Å². The Bertz CT molecular complexity index is 1150. The second kappa shape index (κ2) is 8.32. The molecule has 0 aliphatic rings. The number of carbonyl (C=O) groups excluding carboxylic acids is 1. The molecule has 1 aromatic carbocycles. The van der Waals surface area contributed by atoms with Gasteiger partial charge in [0.25, 0.3) is 5.56 Å². The highest BCUT2D eigenvalue weighted by atomic mass is 35.5. The lowest BCUT2D eigenvalue weighted by atomic mass is 10.0. The van der Waals surface area contributed by atoms with Crippen LogP contribution in [0.15, 0.2) is 35.8 Å². The van der Waals surface area contributed by atoms with Crippen LogP contribution in [0.1, 0.15) is 11.4 Å². The standard InChI is InChI=1S/C20H19ClN4O4/c1-5-16(26)23-9-15-22-8-11-6-12(24-20(27)19(11)25-15)17-10(2)13(28-3)7-14(29-4)18(17)21/h5-8H,1,9H2,2-4H3,(H,23,26)(H,24,27).